The van der Waals surface area contributed by atoms with Crippen LogP contribution in [0.15, 0.2) is 60.7 Å². The summed E-state index contributed by atoms with van der Waals surface area (Å²) < 4.78 is 5.37. The van der Waals surface area contributed by atoms with E-state index in [-0.39, 0.29) is 4.08 Å². The quantitative estimate of drug-likeness (QED) is 0.629. The Labute approximate surface area is 160 Å². The zero-order valence-corrected chi connectivity index (χ0v) is 16.2. The van der Waals surface area contributed by atoms with Gasteiger partial charge in [-0.2, -0.15) is 12.6 Å². The van der Waals surface area contributed by atoms with Crippen molar-refractivity contribution in [2.45, 2.75) is 35.7 Å². The number of thioether (sulfide) groups is 1. The van der Waals surface area contributed by atoms with E-state index in [1.165, 1.54) is 41.7 Å². The highest BCUT2D eigenvalue weighted by molar-refractivity contribution is 8.18. The van der Waals surface area contributed by atoms with Crippen LogP contribution in [0.1, 0.15) is 42.7 Å². The molecular weight excluding hydrogens is 344 g/mol. The number of allylic oxidation sites excluding steroid dienone is 1. The van der Waals surface area contributed by atoms with Crippen LogP contribution in [0, 0.1) is 5.92 Å². The molecule has 0 aromatic heterocycles. The monoisotopic (exact) mass is 368 g/mol. The van der Waals surface area contributed by atoms with Crippen molar-refractivity contribution in [1.29, 1.82) is 0 Å². The Morgan fingerprint density at radius 3 is 2.52 bits per heavy atom. The van der Waals surface area contributed by atoms with Gasteiger partial charge in [0, 0.05) is 10.8 Å². The first-order chi connectivity index (χ1) is 12.2. The second-order valence-electron chi connectivity index (χ2n) is 7.00. The van der Waals surface area contributed by atoms with Crippen molar-refractivity contribution in [3.63, 3.8) is 0 Å². The van der Waals surface area contributed by atoms with Crippen molar-refractivity contribution in [2.24, 2.45) is 5.92 Å². The van der Waals surface area contributed by atoms with Crippen LogP contribution < -0.4 is 4.74 Å². The highest BCUT2D eigenvalue weighted by Gasteiger charge is 2.46. The second kappa shape index (κ2) is 7.13. The molecule has 0 amide bonds. The number of methoxy groups -OCH3 is 1. The third-order valence-corrected chi connectivity index (χ3v) is 7.77. The summed E-state index contributed by atoms with van der Waals surface area (Å²) in [5.74, 6) is 1.91. The van der Waals surface area contributed by atoms with Crippen LogP contribution in [0.4, 0.5) is 0 Å². The third kappa shape index (κ3) is 3.37. The molecule has 0 unspecified atom stereocenters. The molecule has 25 heavy (non-hydrogen) atoms. The van der Waals surface area contributed by atoms with Gasteiger partial charge in [0.05, 0.1) is 11.2 Å². The van der Waals surface area contributed by atoms with E-state index in [2.05, 4.69) is 60.7 Å². The number of hydrogen-bond acceptors (Lipinski definition) is 3. The van der Waals surface area contributed by atoms with Gasteiger partial charge in [0.1, 0.15) is 5.75 Å². The Morgan fingerprint density at radius 1 is 1.04 bits per heavy atom. The minimum atomic E-state index is 0.0305. The normalized spacial score (nSPS) is 28.8. The maximum absolute atomic E-state index is 5.34. The molecule has 2 aliphatic rings. The molecule has 2 aromatic carbocycles. The molecular formula is C22H24OS2. The van der Waals surface area contributed by atoms with Gasteiger partial charge in [-0.05, 0) is 42.0 Å². The van der Waals surface area contributed by atoms with Crippen molar-refractivity contribution in [2.75, 3.05) is 7.11 Å². The maximum Gasteiger partial charge on any atom is 0.118 e. The Hall–Kier alpha value is -1.32. The summed E-state index contributed by atoms with van der Waals surface area (Å²) in [5.41, 5.74) is 2.68. The maximum atomic E-state index is 5.34. The molecule has 0 spiro atoms. The molecule has 1 aliphatic heterocycles. The van der Waals surface area contributed by atoms with Crippen molar-refractivity contribution >= 4 is 29.3 Å². The van der Waals surface area contributed by atoms with E-state index in [0.717, 1.165) is 5.75 Å². The summed E-state index contributed by atoms with van der Waals surface area (Å²) in [6.45, 7) is 0. The molecule has 4 rings (SSSR count). The van der Waals surface area contributed by atoms with E-state index in [9.17, 15) is 0 Å². The predicted octanol–water partition coefficient (Wildman–Crippen LogP) is 6.38. The fourth-order valence-electron chi connectivity index (χ4n) is 4.16. The summed E-state index contributed by atoms with van der Waals surface area (Å²) in [5, 5.41) is 0. The lowest BCUT2D eigenvalue weighted by atomic mass is 9.75. The standard InChI is InChI=1S/C22H24OS2/c1-23-18-12-10-16(11-13-18)19-15-21(17-7-3-2-4-8-17)25-22(24)14-6-5-9-20(19)22/h2-4,7-8,10-13,15,19-20,24H,5-6,9,14H2,1H3/t19-,20+,22-/m1/s1. The van der Waals surface area contributed by atoms with Crippen LogP contribution in [-0.2, 0) is 0 Å². The SMILES string of the molecule is COc1ccc([C@H]2C=C(c3ccccc3)S[C@]3(S)CCCC[C@@H]23)cc1. The topological polar surface area (TPSA) is 9.23 Å². The number of hydrogen-bond donors (Lipinski definition) is 1. The minimum absolute atomic E-state index is 0.0305. The van der Waals surface area contributed by atoms with Gasteiger partial charge in [-0.1, -0.05) is 61.4 Å². The van der Waals surface area contributed by atoms with E-state index < -0.39 is 0 Å². The van der Waals surface area contributed by atoms with E-state index >= 15 is 0 Å². The summed E-state index contributed by atoms with van der Waals surface area (Å²) in [4.78, 5) is 1.37. The Kier molecular flexibility index (Phi) is 4.88. The lowest BCUT2D eigenvalue weighted by molar-refractivity contribution is 0.322. The Balaban J connectivity index is 1.77. The zero-order valence-electron chi connectivity index (χ0n) is 14.5. The van der Waals surface area contributed by atoms with Crippen molar-refractivity contribution < 1.29 is 4.74 Å². The van der Waals surface area contributed by atoms with E-state index in [1.54, 1.807) is 7.11 Å². The Morgan fingerprint density at radius 2 is 1.80 bits per heavy atom. The van der Waals surface area contributed by atoms with Gasteiger partial charge < -0.3 is 4.74 Å². The van der Waals surface area contributed by atoms with Crippen LogP contribution in [0.25, 0.3) is 4.91 Å². The van der Waals surface area contributed by atoms with E-state index in [0.29, 0.717) is 11.8 Å². The van der Waals surface area contributed by atoms with Crippen molar-refractivity contribution in [3.05, 3.63) is 71.8 Å². The van der Waals surface area contributed by atoms with Crippen molar-refractivity contribution in [1.82, 2.24) is 0 Å². The molecule has 3 atom stereocenters. The lowest BCUT2D eigenvalue weighted by Crippen LogP contribution is -2.38. The van der Waals surface area contributed by atoms with Gasteiger partial charge in [-0.25, -0.2) is 0 Å². The molecule has 130 valence electrons. The smallest absolute Gasteiger partial charge is 0.118 e. The second-order valence-corrected chi connectivity index (χ2v) is 9.47. The molecule has 1 fully saturated rings. The first-order valence-electron chi connectivity index (χ1n) is 9.02. The number of ether oxygens (including phenoxy) is 1. The largest absolute Gasteiger partial charge is 0.497 e. The zero-order chi connectivity index (χ0) is 17.3. The van der Waals surface area contributed by atoms with Gasteiger partial charge in [-0.3, -0.25) is 0 Å². The van der Waals surface area contributed by atoms with Crippen molar-refractivity contribution in [3.8, 4) is 5.75 Å². The third-order valence-electron chi connectivity index (χ3n) is 5.49. The first-order valence-corrected chi connectivity index (χ1v) is 10.3. The summed E-state index contributed by atoms with van der Waals surface area (Å²) in [6.07, 6.45) is 7.51. The molecule has 0 radical (unpaired) electrons. The van der Waals surface area contributed by atoms with E-state index in [1.807, 2.05) is 11.8 Å². The van der Waals surface area contributed by atoms with Crippen LogP contribution in [0.3, 0.4) is 0 Å². The first kappa shape index (κ1) is 17.1. The van der Waals surface area contributed by atoms with Crippen LogP contribution in [0.5, 0.6) is 5.75 Å². The Bertz CT molecular complexity index is 753. The van der Waals surface area contributed by atoms with Crippen LogP contribution in [0.2, 0.25) is 0 Å². The number of benzene rings is 2. The molecule has 1 saturated carbocycles. The summed E-state index contributed by atoms with van der Waals surface area (Å²) >= 11 is 7.21. The molecule has 0 saturated heterocycles. The van der Waals surface area contributed by atoms with Gasteiger partial charge >= 0.3 is 0 Å². The minimum Gasteiger partial charge on any atom is -0.497 e. The predicted molar refractivity (Wildman–Crippen MR) is 111 cm³/mol. The van der Waals surface area contributed by atoms with Gasteiger partial charge in [0.15, 0.2) is 0 Å². The van der Waals surface area contributed by atoms with E-state index in [4.69, 9.17) is 17.4 Å². The average Bonchev–Trinajstić information content (AvgIpc) is 2.67. The van der Waals surface area contributed by atoms with Gasteiger partial charge in [0.2, 0.25) is 0 Å². The molecule has 1 heterocycles. The number of thiol groups is 1. The summed E-state index contributed by atoms with van der Waals surface area (Å²) in [6, 6.07) is 19.4. The fourth-order valence-corrected chi connectivity index (χ4v) is 6.41. The number of fused-ring (bicyclic) bond motifs is 1. The van der Waals surface area contributed by atoms with Crippen LogP contribution >= 0.6 is 24.4 Å². The molecule has 0 bridgehead atoms. The van der Waals surface area contributed by atoms with Gasteiger partial charge in [0.25, 0.3) is 0 Å². The molecule has 2 aromatic rings. The molecule has 1 nitrogen and oxygen atoms in total. The fraction of sp³-hybridized carbons (Fsp3) is 0.364. The molecule has 1 aliphatic carbocycles. The summed E-state index contributed by atoms with van der Waals surface area (Å²) in [7, 11) is 1.72. The highest BCUT2D eigenvalue weighted by Crippen LogP contribution is 2.60. The number of rotatable bonds is 3. The molecule has 3 heteroatoms. The lowest BCUT2D eigenvalue weighted by Gasteiger charge is -2.47. The highest BCUT2D eigenvalue weighted by atomic mass is 32.2. The van der Waals surface area contributed by atoms with Gasteiger partial charge in [-0.15, -0.1) is 11.8 Å². The van der Waals surface area contributed by atoms with Crippen LogP contribution in [-0.4, -0.2) is 11.2 Å². The average molecular weight is 369 g/mol. The molecule has 0 N–H and O–H groups in total.